The van der Waals surface area contributed by atoms with E-state index in [0.717, 1.165) is 22.0 Å². The minimum atomic E-state index is 0.491. The Kier molecular flexibility index (Phi) is 4.54. The van der Waals surface area contributed by atoms with E-state index in [-0.39, 0.29) is 0 Å². The smallest absolute Gasteiger partial charge is 0.0954 e. The van der Waals surface area contributed by atoms with Gasteiger partial charge in [-0.3, -0.25) is 0 Å². The number of benzene rings is 1. The van der Waals surface area contributed by atoms with Crippen LogP contribution in [0.5, 0.6) is 0 Å². The van der Waals surface area contributed by atoms with Gasteiger partial charge in [0.2, 0.25) is 0 Å². The molecule has 0 aliphatic heterocycles. The predicted molar refractivity (Wildman–Crippen MR) is 81.6 cm³/mol. The number of anilines is 1. The molecular formula is C13H15ClN2S2. The van der Waals surface area contributed by atoms with E-state index >= 15 is 0 Å². The molecule has 5 heteroatoms. The van der Waals surface area contributed by atoms with Crippen molar-refractivity contribution in [1.82, 2.24) is 4.98 Å². The fraction of sp³-hybridized carbons (Fsp3) is 0.308. The Morgan fingerprint density at radius 1 is 1.44 bits per heavy atom. The minimum absolute atomic E-state index is 0.491. The Morgan fingerprint density at radius 2 is 2.22 bits per heavy atom. The molecule has 0 amide bonds. The Balaban J connectivity index is 2.04. The van der Waals surface area contributed by atoms with Crippen LogP contribution in [0.4, 0.5) is 5.69 Å². The number of thiazole rings is 1. The SMILES string of the molecule is CC(C)c1nc(CSc2cc(Cl)ccc2N)cs1. The van der Waals surface area contributed by atoms with Crippen LogP contribution in [0.15, 0.2) is 28.5 Å². The lowest BCUT2D eigenvalue weighted by atomic mass is 10.2. The van der Waals surface area contributed by atoms with Gasteiger partial charge >= 0.3 is 0 Å². The van der Waals surface area contributed by atoms with Gasteiger partial charge in [-0.1, -0.05) is 25.4 Å². The van der Waals surface area contributed by atoms with Crippen LogP contribution < -0.4 is 5.73 Å². The molecule has 0 radical (unpaired) electrons. The molecule has 0 bridgehead atoms. The van der Waals surface area contributed by atoms with Gasteiger partial charge in [-0.05, 0) is 18.2 Å². The zero-order chi connectivity index (χ0) is 13.1. The summed E-state index contributed by atoms with van der Waals surface area (Å²) in [5, 5.41) is 4.01. The monoisotopic (exact) mass is 298 g/mol. The summed E-state index contributed by atoms with van der Waals surface area (Å²) in [6.45, 7) is 4.31. The zero-order valence-corrected chi connectivity index (χ0v) is 12.7. The van der Waals surface area contributed by atoms with Crippen LogP contribution in [-0.4, -0.2) is 4.98 Å². The summed E-state index contributed by atoms with van der Waals surface area (Å²) in [6, 6.07) is 5.54. The number of hydrogen-bond acceptors (Lipinski definition) is 4. The van der Waals surface area contributed by atoms with Crippen LogP contribution in [0.25, 0.3) is 0 Å². The maximum absolute atomic E-state index is 5.96. The highest BCUT2D eigenvalue weighted by molar-refractivity contribution is 7.98. The molecule has 0 atom stereocenters. The third-order valence-corrected chi connectivity index (χ3v) is 4.95. The van der Waals surface area contributed by atoms with Crippen LogP contribution >= 0.6 is 34.7 Å². The molecule has 0 spiro atoms. The van der Waals surface area contributed by atoms with Crippen molar-refractivity contribution < 1.29 is 0 Å². The first-order valence-corrected chi connectivity index (χ1v) is 7.92. The van der Waals surface area contributed by atoms with E-state index in [9.17, 15) is 0 Å². The number of halogens is 1. The first kappa shape index (κ1) is 13.7. The Bertz CT molecular complexity index is 538. The molecule has 2 aromatic rings. The van der Waals surface area contributed by atoms with Crippen molar-refractivity contribution in [2.45, 2.75) is 30.4 Å². The van der Waals surface area contributed by atoms with Gasteiger partial charge in [0.1, 0.15) is 0 Å². The standard InChI is InChI=1S/C13H15ClN2S2/c1-8(2)13-16-10(7-18-13)6-17-12-5-9(14)3-4-11(12)15/h3-5,7-8H,6,15H2,1-2H3. The third kappa shape index (κ3) is 3.40. The molecule has 2 N–H and O–H groups in total. The molecular weight excluding hydrogens is 284 g/mol. The highest BCUT2D eigenvalue weighted by atomic mass is 35.5. The van der Waals surface area contributed by atoms with Crippen LogP contribution in [0, 0.1) is 0 Å². The van der Waals surface area contributed by atoms with Gasteiger partial charge < -0.3 is 5.73 Å². The normalized spacial score (nSPS) is 11.1. The van der Waals surface area contributed by atoms with Gasteiger partial charge in [0.15, 0.2) is 0 Å². The summed E-state index contributed by atoms with van der Waals surface area (Å²) in [6.07, 6.45) is 0. The molecule has 0 unspecified atom stereocenters. The van der Waals surface area contributed by atoms with E-state index in [4.69, 9.17) is 17.3 Å². The van der Waals surface area contributed by atoms with Crippen LogP contribution in [0.2, 0.25) is 5.02 Å². The zero-order valence-electron chi connectivity index (χ0n) is 10.3. The molecule has 0 saturated carbocycles. The van der Waals surface area contributed by atoms with Crippen molar-refractivity contribution in [1.29, 1.82) is 0 Å². The number of aromatic nitrogens is 1. The number of nitrogens with zero attached hydrogens (tertiary/aromatic N) is 1. The number of hydrogen-bond donors (Lipinski definition) is 1. The summed E-state index contributed by atoms with van der Waals surface area (Å²) < 4.78 is 0. The summed E-state index contributed by atoms with van der Waals surface area (Å²) >= 11 is 9.35. The molecule has 1 aromatic heterocycles. The molecule has 2 rings (SSSR count). The predicted octanol–water partition coefficient (Wildman–Crippen LogP) is 4.79. The van der Waals surface area contributed by atoms with E-state index in [2.05, 4.69) is 24.2 Å². The molecule has 0 aliphatic carbocycles. The van der Waals surface area contributed by atoms with Crippen LogP contribution in [0.3, 0.4) is 0 Å². The number of rotatable bonds is 4. The van der Waals surface area contributed by atoms with Crippen LogP contribution in [-0.2, 0) is 5.75 Å². The number of thioether (sulfide) groups is 1. The maximum atomic E-state index is 5.96. The van der Waals surface area contributed by atoms with E-state index < -0.39 is 0 Å². The maximum Gasteiger partial charge on any atom is 0.0954 e. The fourth-order valence-corrected chi connectivity index (χ4v) is 3.51. The number of nitrogen functional groups attached to an aromatic ring is 1. The lowest BCUT2D eigenvalue weighted by Crippen LogP contribution is -1.90. The van der Waals surface area contributed by atoms with Gasteiger partial charge in [0.05, 0.1) is 10.7 Å². The van der Waals surface area contributed by atoms with Gasteiger partial charge in [-0.15, -0.1) is 23.1 Å². The van der Waals surface area contributed by atoms with Crippen molar-refractivity contribution in [3.8, 4) is 0 Å². The fourth-order valence-electron chi connectivity index (χ4n) is 1.44. The molecule has 0 fully saturated rings. The largest absolute Gasteiger partial charge is 0.398 e. The second kappa shape index (κ2) is 5.95. The topological polar surface area (TPSA) is 38.9 Å². The van der Waals surface area contributed by atoms with Crippen molar-refractivity contribution in [3.05, 3.63) is 39.3 Å². The highest BCUT2D eigenvalue weighted by Gasteiger charge is 2.07. The average molecular weight is 299 g/mol. The lowest BCUT2D eigenvalue weighted by Gasteiger charge is -2.04. The van der Waals surface area contributed by atoms with Crippen molar-refractivity contribution in [2.75, 3.05) is 5.73 Å². The molecule has 96 valence electrons. The van der Waals surface area contributed by atoms with E-state index in [1.165, 1.54) is 5.01 Å². The first-order chi connectivity index (χ1) is 8.56. The first-order valence-electron chi connectivity index (χ1n) is 5.68. The van der Waals surface area contributed by atoms with Gasteiger partial charge in [0.25, 0.3) is 0 Å². The van der Waals surface area contributed by atoms with Gasteiger partial charge in [-0.2, -0.15) is 0 Å². The summed E-state index contributed by atoms with van der Waals surface area (Å²) in [4.78, 5) is 5.62. The lowest BCUT2D eigenvalue weighted by molar-refractivity contribution is 0.846. The highest BCUT2D eigenvalue weighted by Crippen LogP contribution is 2.31. The van der Waals surface area contributed by atoms with E-state index in [0.29, 0.717) is 10.9 Å². The minimum Gasteiger partial charge on any atom is -0.398 e. The summed E-state index contributed by atoms with van der Waals surface area (Å²) in [5.74, 6) is 1.32. The second-order valence-electron chi connectivity index (χ2n) is 4.30. The van der Waals surface area contributed by atoms with Gasteiger partial charge in [0, 0.05) is 32.7 Å². The summed E-state index contributed by atoms with van der Waals surface area (Å²) in [5.41, 5.74) is 7.78. The molecule has 0 saturated heterocycles. The quantitative estimate of drug-likeness (QED) is 0.651. The molecule has 1 aromatic carbocycles. The third-order valence-electron chi connectivity index (χ3n) is 2.41. The van der Waals surface area contributed by atoms with Gasteiger partial charge in [-0.25, -0.2) is 4.98 Å². The Hall–Kier alpha value is -0.710. The van der Waals surface area contributed by atoms with Crippen molar-refractivity contribution >= 4 is 40.4 Å². The van der Waals surface area contributed by atoms with Crippen LogP contribution in [0.1, 0.15) is 30.5 Å². The van der Waals surface area contributed by atoms with E-state index in [1.807, 2.05) is 12.1 Å². The van der Waals surface area contributed by atoms with Crippen molar-refractivity contribution in [3.63, 3.8) is 0 Å². The molecule has 0 aliphatic rings. The second-order valence-corrected chi connectivity index (χ2v) is 6.65. The summed E-state index contributed by atoms with van der Waals surface area (Å²) in [7, 11) is 0. The molecule has 1 heterocycles. The number of nitrogens with two attached hydrogens (primary N) is 1. The Morgan fingerprint density at radius 3 is 2.89 bits per heavy atom. The Labute approximate surface area is 121 Å². The van der Waals surface area contributed by atoms with Crippen molar-refractivity contribution in [2.24, 2.45) is 0 Å². The van der Waals surface area contributed by atoms with E-state index in [1.54, 1.807) is 29.2 Å². The average Bonchev–Trinajstić information content (AvgIpc) is 2.79. The molecule has 2 nitrogen and oxygen atoms in total. The molecule has 18 heavy (non-hydrogen) atoms.